The Morgan fingerprint density at radius 1 is 1.06 bits per heavy atom. The third kappa shape index (κ3) is 3.70. The van der Waals surface area contributed by atoms with Crippen molar-refractivity contribution in [2.75, 3.05) is 0 Å². The molecule has 1 rings (SSSR count). The number of aliphatic imine (C=N–C) groups is 1. The normalized spacial score (nSPS) is 13.3. The number of hydrogen-bond donors (Lipinski definition) is 0. The Bertz CT molecular complexity index is 491. The first-order valence-corrected chi connectivity index (χ1v) is 6.25. The van der Waals surface area contributed by atoms with E-state index in [0.717, 1.165) is 11.3 Å². The minimum absolute atomic E-state index is 0.0831. The second-order valence-corrected chi connectivity index (χ2v) is 6.54. The zero-order valence-corrected chi connectivity index (χ0v) is 12.2. The SMILES string of the molecule is CC(C)(C)N=C(c1ccccc1C#N)C(C)(C)C. The van der Waals surface area contributed by atoms with Gasteiger partial charge in [-0.3, -0.25) is 4.99 Å². The summed E-state index contributed by atoms with van der Waals surface area (Å²) in [7, 11) is 0. The zero-order valence-electron chi connectivity index (χ0n) is 12.2. The largest absolute Gasteiger partial charge is 0.283 e. The van der Waals surface area contributed by atoms with Crippen LogP contribution in [0.5, 0.6) is 0 Å². The van der Waals surface area contributed by atoms with Gasteiger partial charge in [-0.05, 0) is 26.8 Å². The maximum Gasteiger partial charge on any atom is 0.0998 e. The molecule has 0 unspecified atom stereocenters. The van der Waals surface area contributed by atoms with Crippen LogP contribution in [-0.2, 0) is 0 Å². The lowest BCUT2D eigenvalue weighted by Gasteiger charge is -2.26. The summed E-state index contributed by atoms with van der Waals surface area (Å²) in [5, 5.41) is 9.23. The van der Waals surface area contributed by atoms with Gasteiger partial charge in [-0.1, -0.05) is 39.0 Å². The van der Waals surface area contributed by atoms with E-state index in [2.05, 4.69) is 47.6 Å². The standard InChI is InChI=1S/C16H22N2/c1-15(2,3)14(18-16(4,5)6)13-10-8-7-9-12(13)11-17/h7-10H,1-6H3. The van der Waals surface area contributed by atoms with Crippen molar-refractivity contribution >= 4 is 5.71 Å². The molecule has 18 heavy (non-hydrogen) atoms. The van der Waals surface area contributed by atoms with E-state index in [0.29, 0.717) is 5.56 Å². The third-order valence-electron chi connectivity index (χ3n) is 2.46. The van der Waals surface area contributed by atoms with Crippen molar-refractivity contribution in [2.24, 2.45) is 10.4 Å². The van der Waals surface area contributed by atoms with Gasteiger partial charge in [0.05, 0.1) is 17.2 Å². The molecule has 0 amide bonds. The molecule has 2 heteroatoms. The van der Waals surface area contributed by atoms with Gasteiger partial charge in [0.1, 0.15) is 0 Å². The van der Waals surface area contributed by atoms with Gasteiger partial charge in [-0.25, -0.2) is 0 Å². The van der Waals surface area contributed by atoms with E-state index in [1.807, 2.05) is 24.3 Å². The summed E-state index contributed by atoms with van der Waals surface area (Å²) in [5.41, 5.74) is 2.40. The highest BCUT2D eigenvalue weighted by Gasteiger charge is 2.25. The average molecular weight is 242 g/mol. The van der Waals surface area contributed by atoms with E-state index < -0.39 is 0 Å². The monoisotopic (exact) mass is 242 g/mol. The molecule has 2 nitrogen and oxygen atoms in total. The third-order valence-corrected chi connectivity index (χ3v) is 2.46. The fraction of sp³-hybridized carbons (Fsp3) is 0.500. The van der Waals surface area contributed by atoms with E-state index >= 15 is 0 Å². The molecule has 0 spiro atoms. The molecule has 0 aliphatic heterocycles. The molecule has 0 aliphatic carbocycles. The maximum atomic E-state index is 9.23. The van der Waals surface area contributed by atoms with Gasteiger partial charge in [-0.2, -0.15) is 5.26 Å². The fourth-order valence-electron chi connectivity index (χ4n) is 1.75. The molecule has 96 valence electrons. The molecule has 1 aromatic rings. The van der Waals surface area contributed by atoms with E-state index in [1.165, 1.54) is 0 Å². The Morgan fingerprint density at radius 3 is 2.06 bits per heavy atom. The maximum absolute atomic E-state index is 9.23. The van der Waals surface area contributed by atoms with Crippen LogP contribution in [0.2, 0.25) is 0 Å². The van der Waals surface area contributed by atoms with Crippen LogP contribution in [0.4, 0.5) is 0 Å². The lowest BCUT2D eigenvalue weighted by molar-refractivity contribution is 0.541. The zero-order chi connectivity index (χ0) is 14.0. The Balaban J connectivity index is 3.48. The number of hydrogen-bond acceptors (Lipinski definition) is 2. The first-order chi connectivity index (χ1) is 8.15. The summed E-state index contributed by atoms with van der Waals surface area (Å²) in [6.07, 6.45) is 0. The van der Waals surface area contributed by atoms with E-state index in [-0.39, 0.29) is 11.0 Å². The first kappa shape index (κ1) is 14.4. The van der Waals surface area contributed by atoms with Gasteiger partial charge in [0, 0.05) is 16.7 Å². The van der Waals surface area contributed by atoms with Crippen molar-refractivity contribution < 1.29 is 0 Å². The van der Waals surface area contributed by atoms with Gasteiger partial charge >= 0.3 is 0 Å². The Kier molecular flexibility index (Phi) is 3.96. The number of nitrogens with zero attached hydrogens (tertiary/aromatic N) is 2. The van der Waals surface area contributed by atoms with Gasteiger partial charge in [-0.15, -0.1) is 0 Å². The van der Waals surface area contributed by atoms with Crippen LogP contribution in [0.15, 0.2) is 29.3 Å². The number of rotatable bonds is 1. The molecule has 0 radical (unpaired) electrons. The highest BCUT2D eigenvalue weighted by atomic mass is 14.8. The quantitative estimate of drug-likeness (QED) is 0.680. The van der Waals surface area contributed by atoms with Crippen molar-refractivity contribution in [3.63, 3.8) is 0 Å². The number of benzene rings is 1. The molecule has 0 atom stereocenters. The summed E-state index contributed by atoms with van der Waals surface area (Å²) in [5.74, 6) is 0. The van der Waals surface area contributed by atoms with Gasteiger partial charge in [0.15, 0.2) is 0 Å². The molecule has 0 saturated heterocycles. The van der Waals surface area contributed by atoms with Crippen molar-refractivity contribution in [1.82, 2.24) is 0 Å². The highest BCUT2D eigenvalue weighted by molar-refractivity contribution is 6.06. The van der Waals surface area contributed by atoms with Crippen LogP contribution in [0.25, 0.3) is 0 Å². The summed E-state index contributed by atoms with van der Waals surface area (Å²) in [4.78, 5) is 4.82. The molecular weight excluding hydrogens is 220 g/mol. The average Bonchev–Trinajstić information content (AvgIpc) is 2.23. The molecule has 0 bridgehead atoms. The summed E-state index contributed by atoms with van der Waals surface area (Å²) >= 11 is 0. The predicted molar refractivity (Wildman–Crippen MR) is 76.9 cm³/mol. The van der Waals surface area contributed by atoms with Crippen molar-refractivity contribution in [2.45, 2.75) is 47.1 Å². The molecule has 0 aromatic heterocycles. The highest BCUT2D eigenvalue weighted by Crippen LogP contribution is 2.26. The van der Waals surface area contributed by atoms with Crippen LogP contribution >= 0.6 is 0 Å². The van der Waals surface area contributed by atoms with Crippen LogP contribution in [0, 0.1) is 16.7 Å². The Hall–Kier alpha value is -1.62. The molecular formula is C16H22N2. The van der Waals surface area contributed by atoms with Crippen LogP contribution in [0.3, 0.4) is 0 Å². The van der Waals surface area contributed by atoms with E-state index in [1.54, 1.807) is 0 Å². The second kappa shape index (κ2) is 4.94. The van der Waals surface area contributed by atoms with E-state index in [4.69, 9.17) is 4.99 Å². The van der Waals surface area contributed by atoms with Crippen molar-refractivity contribution in [3.8, 4) is 6.07 Å². The summed E-state index contributed by atoms with van der Waals surface area (Å²) in [6, 6.07) is 9.93. The molecule has 0 aliphatic rings. The van der Waals surface area contributed by atoms with Crippen molar-refractivity contribution in [3.05, 3.63) is 35.4 Å². The summed E-state index contributed by atoms with van der Waals surface area (Å²) < 4.78 is 0. The van der Waals surface area contributed by atoms with Crippen molar-refractivity contribution in [1.29, 1.82) is 5.26 Å². The van der Waals surface area contributed by atoms with Gasteiger partial charge in [0.2, 0.25) is 0 Å². The Labute approximate surface area is 110 Å². The molecule has 0 fully saturated rings. The first-order valence-electron chi connectivity index (χ1n) is 6.25. The molecule has 0 heterocycles. The Morgan fingerprint density at radius 2 is 1.61 bits per heavy atom. The van der Waals surface area contributed by atoms with Crippen LogP contribution < -0.4 is 0 Å². The minimum atomic E-state index is -0.148. The minimum Gasteiger partial charge on any atom is -0.283 e. The fourth-order valence-corrected chi connectivity index (χ4v) is 1.75. The summed E-state index contributed by atoms with van der Waals surface area (Å²) in [6.45, 7) is 12.6. The molecule has 0 saturated carbocycles. The number of nitriles is 1. The second-order valence-electron chi connectivity index (χ2n) is 6.54. The van der Waals surface area contributed by atoms with Gasteiger partial charge in [0.25, 0.3) is 0 Å². The lowest BCUT2D eigenvalue weighted by atomic mass is 9.83. The predicted octanol–water partition coefficient (Wildman–Crippen LogP) is 4.19. The van der Waals surface area contributed by atoms with Crippen LogP contribution in [-0.4, -0.2) is 11.3 Å². The molecule has 1 aromatic carbocycles. The molecule has 0 N–H and O–H groups in total. The smallest absolute Gasteiger partial charge is 0.0998 e. The van der Waals surface area contributed by atoms with E-state index in [9.17, 15) is 5.26 Å². The lowest BCUT2D eigenvalue weighted by Crippen LogP contribution is -2.27. The topological polar surface area (TPSA) is 36.1 Å². The van der Waals surface area contributed by atoms with Crippen LogP contribution in [0.1, 0.15) is 52.7 Å². The van der Waals surface area contributed by atoms with Gasteiger partial charge < -0.3 is 0 Å².